The van der Waals surface area contributed by atoms with Gasteiger partial charge in [0.15, 0.2) is 16.6 Å². The number of unbranched alkanes of at least 4 members (excludes halogenated alkanes) is 1. The lowest BCUT2D eigenvalue weighted by Crippen LogP contribution is -2.40. The average molecular weight is 468 g/mol. The van der Waals surface area contributed by atoms with Crippen molar-refractivity contribution in [2.24, 2.45) is 0 Å². The molecule has 0 bridgehead atoms. The minimum atomic E-state index is -0.126. The number of hydrogen-bond acceptors (Lipinski definition) is 5. The monoisotopic (exact) mass is 467 g/mol. The second-order valence-electron chi connectivity index (χ2n) is 7.93. The highest BCUT2D eigenvalue weighted by Gasteiger charge is 2.17. The van der Waals surface area contributed by atoms with Crippen LogP contribution in [0.4, 0.5) is 0 Å². The molecule has 8 heteroatoms. The van der Waals surface area contributed by atoms with E-state index in [9.17, 15) is 4.79 Å². The number of aromatic nitrogens is 1. The summed E-state index contributed by atoms with van der Waals surface area (Å²) in [5.74, 6) is 2.24. The van der Waals surface area contributed by atoms with Crippen LogP contribution in [0.3, 0.4) is 0 Å². The fourth-order valence-corrected chi connectivity index (χ4v) is 3.98. The van der Waals surface area contributed by atoms with Gasteiger partial charge < -0.3 is 29.4 Å². The van der Waals surface area contributed by atoms with Crippen LogP contribution in [0.5, 0.6) is 17.2 Å². The Labute approximate surface area is 198 Å². The molecule has 0 fully saturated rings. The van der Waals surface area contributed by atoms with E-state index in [-0.39, 0.29) is 12.4 Å². The van der Waals surface area contributed by atoms with Gasteiger partial charge in [-0.1, -0.05) is 19.4 Å². The van der Waals surface area contributed by atoms with Crippen molar-refractivity contribution in [3.63, 3.8) is 0 Å². The van der Waals surface area contributed by atoms with Crippen molar-refractivity contribution in [2.45, 2.75) is 39.8 Å². The number of ether oxygens (including phenoxy) is 3. The number of H-pyrrole nitrogens is 1. The molecule has 3 aromatic rings. The van der Waals surface area contributed by atoms with Gasteiger partial charge in [-0.05, 0) is 67.5 Å². The van der Waals surface area contributed by atoms with Gasteiger partial charge in [0.1, 0.15) is 5.75 Å². The molecule has 0 saturated heterocycles. The van der Waals surface area contributed by atoms with Crippen molar-refractivity contribution in [3.8, 4) is 17.2 Å². The zero-order valence-electron chi connectivity index (χ0n) is 19.0. The van der Waals surface area contributed by atoms with Crippen molar-refractivity contribution in [1.29, 1.82) is 0 Å². The van der Waals surface area contributed by atoms with Crippen LogP contribution in [0.1, 0.15) is 37.8 Å². The van der Waals surface area contributed by atoms with Crippen LogP contribution in [-0.2, 0) is 13.1 Å². The van der Waals surface area contributed by atoms with Crippen LogP contribution < -0.4 is 25.1 Å². The Hall–Kier alpha value is -3.26. The van der Waals surface area contributed by atoms with Crippen molar-refractivity contribution in [2.75, 3.05) is 19.9 Å². The zero-order valence-corrected chi connectivity index (χ0v) is 19.8. The number of rotatable bonds is 9. The lowest BCUT2D eigenvalue weighted by molar-refractivity contribution is 0.174. The molecule has 2 N–H and O–H groups in total. The van der Waals surface area contributed by atoms with E-state index in [0.29, 0.717) is 30.4 Å². The number of fused-ring (bicyclic) bond motifs is 2. The van der Waals surface area contributed by atoms with Crippen molar-refractivity contribution < 1.29 is 14.2 Å². The first-order valence-electron chi connectivity index (χ1n) is 11.3. The van der Waals surface area contributed by atoms with E-state index in [0.717, 1.165) is 53.1 Å². The average Bonchev–Trinajstić information content (AvgIpc) is 3.27. The quantitative estimate of drug-likeness (QED) is 0.358. The Kier molecular flexibility index (Phi) is 7.34. The minimum Gasteiger partial charge on any atom is -0.494 e. The van der Waals surface area contributed by atoms with E-state index >= 15 is 0 Å². The number of nitrogens with one attached hydrogen (secondary N) is 2. The maximum absolute atomic E-state index is 12.9. The first-order chi connectivity index (χ1) is 16.1. The van der Waals surface area contributed by atoms with Crippen LogP contribution in [-0.4, -0.2) is 34.9 Å². The van der Waals surface area contributed by atoms with E-state index in [1.165, 1.54) is 0 Å². The number of hydrogen-bond donors (Lipinski definition) is 2. The van der Waals surface area contributed by atoms with Gasteiger partial charge in [0.05, 0.1) is 13.2 Å². The Morgan fingerprint density at radius 2 is 1.97 bits per heavy atom. The second kappa shape index (κ2) is 10.6. The third-order valence-electron chi connectivity index (χ3n) is 5.47. The van der Waals surface area contributed by atoms with Gasteiger partial charge in [-0.15, -0.1) is 0 Å². The molecule has 1 aliphatic heterocycles. The summed E-state index contributed by atoms with van der Waals surface area (Å²) < 4.78 is 16.6. The second-order valence-corrected chi connectivity index (χ2v) is 8.32. The molecule has 0 unspecified atom stereocenters. The van der Waals surface area contributed by atoms with Gasteiger partial charge in [0.2, 0.25) is 6.79 Å². The standard InChI is InChI=1S/C25H29N3O4S/c1-3-5-10-26-25(33)28(14-17-6-9-22-23(11-17)32-16-31-22)15-19-12-18-13-20(30-4-2)7-8-21(18)27-24(19)29/h6-9,11-13H,3-5,10,14-16H2,1-2H3,(H,26,33)(H,27,29). The lowest BCUT2D eigenvalue weighted by Gasteiger charge is -2.26. The molecule has 0 spiro atoms. The summed E-state index contributed by atoms with van der Waals surface area (Å²) in [6.45, 7) is 6.60. The van der Waals surface area contributed by atoms with E-state index in [1.807, 2.05) is 54.3 Å². The molecule has 7 nitrogen and oxygen atoms in total. The normalized spacial score (nSPS) is 12.1. The van der Waals surface area contributed by atoms with Gasteiger partial charge in [0.25, 0.3) is 5.56 Å². The van der Waals surface area contributed by atoms with Gasteiger partial charge >= 0.3 is 0 Å². The number of benzene rings is 2. The van der Waals surface area contributed by atoms with E-state index in [2.05, 4.69) is 17.2 Å². The highest BCUT2D eigenvalue weighted by Crippen LogP contribution is 2.33. The fraction of sp³-hybridized carbons (Fsp3) is 0.360. The van der Waals surface area contributed by atoms with E-state index in [4.69, 9.17) is 26.4 Å². The summed E-state index contributed by atoms with van der Waals surface area (Å²) in [6.07, 6.45) is 2.10. The predicted octanol–water partition coefficient (Wildman–Crippen LogP) is 4.33. The first kappa shape index (κ1) is 22.9. The first-order valence-corrected chi connectivity index (χ1v) is 11.7. The van der Waals surface area contributed by atoms with E-state index < -0.39 is 0 Å². The molecule has 0 amide bonds. The molecule has 1 aromatic heterocycles. The van der Waals surface area contributed by atoms with Crippen LogP contribution in [0.2, 0.25) is 0 Å². The smallest absolute Gasteiger partial charge is 0.253 e. The number of pyridine rings is 1. The van der Waals surface area contributed by atoms with Gasteiger partial charge in [-0.3, -0.25) is 4.79 Å². The summed E-state index contributed by atoms with van der Waals surface area (Å²) >= 11 is 5.71. The third-order valence-corrected chi connectivity index (χ3v) is 5.87. The Morgan fingerprint density at radius 3 is 2.79 bits per heavy atom. The molecule has 174 valence electrons. The van der Waals surface area contributed by atoms with Crippen molar-refractivity contribution >= 4 is 28.2 Å². The molecule has 0 saturated carbocycles. The lowest BCUT2D eigenvalue weighted by atomic mass is 10.1. The van der Waals surface area contributed by atoms with Gasteiger partial charge in [-0.25, -0.2) is 0 Å². The molecule has 1 aliphatic rings. The molecule has 0 radical (unpaired) electrons. The van der Waals surface area contributed by atoms with Crippen LogP contribution in [0.15, 0.2) is 47.3 Å². The Morgan fingerprint density at radius 1 is 1.12 bits per heavy atom. The molecular formula is C25H29N3O4S. The van der Waals surface area contributed by atoms with Crippen LogP contribution >= 0.6 is 12.2 Å². The fourth-order valence-electron chi connectivity index (χ4n) is 3.75. The van der Waals surface area contributed by atoms with Crippen LogP contribution in [0, 0.1) is 0 Å². The Bertz CT molecular complexity index is 1190. The maximum Gasteiger partial charge on any atom is 0.253 e. The van der Waals surface area contributed by atoms with E-state index in [1.54, 1.807) is 0 Å². The summed E-state index contributed by atoms with van der Waals surface area (Å²) in [5.41, 5.74) is 2.31. The molecule has 4 rings (SSSR count). The summed E-state index contributed by atoms with van der Waals surface area (Å²) in [6, 6.07) is 13.4. The number of thiocarbonyl (C=S) groups is 1. The van der Waals surface area contributed by atoms with Gasteiger partial charge in [-0.2, -0.15) is 0 Å². The summed E-state index contributed by atoms with van der Waals surface area (Å²) in [7, 11) is 0. The van der Waals surface area contributed by atoms with Crippen molar-refractivity contribution in [1.82, 2.24) is 15.2 Å². The molecule has 2 aromatic carbocycles. The third kappa shape index (κ3) is 5.57. The molecule has 33 heavy (non-hydrogen) atoms. The SMILES string of the molecule is CCCCNC(=S)N(Cc1ccc2c(c1)OCO2)Cc1cc2cc(OCC)ccc2[nH]c1=O. The van der Waals surface area contributed by atoms with Crippen LogP contribution in [0.25, 0.3) is 10.9 Å². The molecular weight excluding hydrogens is 438 g/mol. The molecule has 0 atom stereocenters. The maximum atomic E-state index is 12.9. The highest BCUT2D eigenvalue weighted by molar-refractivity contribution is 7.80. The molecule has 2 heterocycles. The zero-order chi connectivity index (χ0) is 23.2. The number of nitrogens with zero attached hydrogens (tertiary/aromatic N) is 1. The van der Waals surface area contributed by atoms with Crippen molar-refractivity contribution in [3.05, 3.63) is 63.9 Å². The largest absolute Gasteiger partial charge is 0.494 e. The number of aromatic amines is 1. The van der Waals surface area contributed by atoms with Gasteiger partial charge in [0, 0.05) is 29.6 Å². The molecule has 0 aliphatic carbocycles. The summed E-state index contributed by atoms with van der Waals surface area (Å²) in [5, 5.41) is 4.86. The predicted molar refractivity (Wildman–Crippen MR) is 133 cm³/mol. The minimum absolute atomic E-state index is 0.126. The summed E-state index contributed by atoms with van der Waals surface area (Å²) in [4.78, 5) is 17.8. The topological polar surface area (TPSA) is 75.8 Å². The highest BCUT2D eigenvalue weighted by atomic mass is 32.1. The Balaban J connectivity index is 1.60.